The van der Waals surface area contributed by atoms with E-state index in [-0.39, 0.29) is 17.4 Å². The highest BCUT2D eigenvalue weighted by Crippen LogP contribution is 2.29. The molecule has 0 spiro atoms. The molecule has 4 aromatic carbocycles. The Morgan fingerprint density at radius 2 is 1.56 bits per heavy atom. The number of hydrogen-bond donors (Lipinski definition) is 3. The van der Waals surface area contributed by atoms with Gasteiger partial charge in [0.1, 0.15) is 11.5 Å². The Balaban J connectivity index is 1.49. The molecule has 1 atom stereocenters. The minimum absolute atomic E-state index is 0.0904. The Kier molecular flexibility index (Phi) is 10.1. The number of benzene rings is 4. The number of thioether (sulfide) groups is 1. The zero-order valence-electron chi connectivity index (χ0n) is 22.7. The maximum Gasteiger partial charge on any atom is 0.272 e. The van der Waals surface area contributed by atoms with Crippen molar-refractivity contribution in [3.8, 4) is 0 Å². The van der Waals surface area contributed by atoms with Crippen LogP contribution in [0, 0.1) is 12.7 Å². The Morgan fingerprint density at radius 1 is 0.829 bits per heavy atom. The number of nitrogens with one attached hydrogen (secondary N) is 3. The standard InChI is InChI=1S/C33H30FN3O3S/c1-3-30(33(40)35-26-17-15-25(34)16-18-26)41-28-14-8-13-27(21-28)36-32(39)29(20-23-10-7-9-22(2)19-23)37-31(38)24-11-5-4-6-12-24/h4-21,30H,3H2,1-2H3,(H,35,40)(H,36,39)(H,37,38)/b29-20+. The first-order valence-corrected chi connectivity index (χ1v) is 14.0. The first-order valence-electron chi connectivity index (χ1n) is 13.1. The van der Waals surface area contributed by atoms with Crippen LogP contribution in [0.2, 0.25) is 0 Å². The summed E-state index contributed by atoms with van der Waals surface area (Å²) in [6, 6.07) is 29.1. The van der Waals surface area contributed by atoms with Gasteiger partial charge in [-0.05, 0) is 79.6 Å². The molecule has 0 aromatic heterocycles. The fraction of sp³-hybridized carbons (Fsp3) is 0.121. The molecule has 0 aliphatic carbocycles. The maximum absolute atomic E-state index is 13.4. The first-order chi connectivity index (χ1) is 19.8. The van der Waals surface area contributed by atoms with Crippen molar-refractivity contribution < 1.29 is 18.8 Å². The number of anilines is 2. The summed E-state index contributed by atoms with van der Waals surface area (Å²) < 4.78 is 13.2. The molecule has 208 valence electrons. The highest BCUT2D eigenvalue weighted by atomic mass is 32.2. The molecule has 0 heterocycles. The van der Waals surface area contributed by atoms with Crippen LogP contribution in [0.15, 0.2) is 114 Å². The van der Waals surface area contributed by atoms with E-state index in [4.69, 9.17) is 0 Å². The summed E-state index contributed by atoms with van der Waals surface area (Å²) in [7, 11) is 0. The summed E-state index contributed by atoms with van der Waals surface area (Å²) in [5.74, 6) is -1.47. The minimum atomic E-state index is -0.487. The number of carbonyl (C=O) groups excluding carboxylic acids is 3. The van der Waals surface area contributed by atoms with Gasteiger partial charge in [-0.2, -0.15) is 0 Å². The molecule has 41 heavy (non-hydrogen) atoms. The molecule has 0 fully saturated rings. The lowest BCUT2D eigenvalue weighted by Crippen LogP contribution is -2.30. The van der Waals surface area contributed by atoms with Crippen LogP contribution < -0.4 is 16.0 Å². The third kappa shape index (κ3) is 8.65. The smallest absolute Gasteiger partial charge is 0.272 e. The van der Waals surface area contributed by atoms with Gasteiger partial charge in [-0.25, -0.2) is 4.39 Å². The van der Waals surface area contributed by atoms with E-state index < -0.39 is 17.1 Å². The van der Waals surface area contributed by atoms with Gasteiger partial charge in [0.05, 0.1) is 5.25 Å². The van der Waals surface area contributed by atoms with Gasteiger partial charge in [0.2, 0.25) is 5.91 Å². The van der Waals surface area contributed by atoms with Gasteiger partial charge < -0.3 is 16.0 Å². The normalized spacial score (nSPS) is 11.8. The molecule has 4 aromatic rings. The van der Waals surface area contributed by atoms with E-state index >= 15 is 0 Å². The van der Waals surface area contributed by atoms with Crippen LogP contribution in [0.3, 0.4) is 0 Å². The Hall–Kier alpha value is -4.69. The summed E-state index contributed by atoms with van der Waals surface area (Å²) in [5, 5.41) is 8.02. The Labute approximate surface area is 243 Å². The van der Waals surface area contributed by atoms with Crippen molar-refractivity contribution in [3.63, 3.8) is 0 Å². The van der Waals surface area contributed by atoms with Crippen LogP contribution in [0.4, 0.5) is 15.8 Å². The van der Waals surface area contributed by atoms with Gasteiger partial charge in [-0.15, -0.1) is 11.8 Å². The van der Waals surface area contributed by atoms with Crippen LogP contribution in [0.25, 0.3) is 6.08 Å². The molecule has 0 bridgehead atoms. The molecule has 0 radical (unpaired) electrons. The van der Waals surface area contributed by atoms with E-state index in [1.165, 1.54) is 36.0 Å². The van der Waals surface area contributed by atoms with Crippen LogP contribution in [0.1, 0.15) is 34.8 Å². The molecule has 0 saturated carbocycles. The number of hydrogen-bond acceptors (Lipinski definition) is 4. The molecule has 8 heteroatoms. The predicted molar refractivity (Wildman–Crippen MR) is 163 cm³/mol. The number of amides is 3. The van der Waals surface area contributed by atoms with Crippen molar-refractivity contribution in [1.29, 1.82) is 0 Å². The molecular formula is C33H30FN3O3S. The van der Waals surface area contributed by atoms with Crippen molar-refractivity contribution in [1.82, 2.24) is 5.32 Å². The summed E-state index contributed by atoms with van der Waals surface area (Å²) in [6.45, 7) is 3.86. The van der Waals surface area contributed by atoms with Crippen molar-refractivity contribution in [2.45, 2.75) is 30.4 Å². The summed E-state index contributed by atoms with van der Waals surface area (Å²) in [5.41, 5.74) is 3.34. The van der Waals surface area contributed by atoms with Crippen molar-refractivity contribution in [2.75, 3.05) is 10.6 Å². The maximum atomic E-state index is 13.4. The van der Waals surface area contributed by atoms with E-state index in [0.717, 1.165) is 16.0 Å². The SMILES string of the molecule is CCC(Sc1cccc(NC(=O)/C(=C\c2cccc(C)c2)NC(=O)c2ccccc2)c1)C(=O)Nc1ccc(F)cc1. The van der Waals surface area contributed by atoms with Crippen LogP contribution in [0.5, 0.6) is 0 Å². The average molecular weight is 568 g/mol. The number of halogens is 1. The predicted octanol–water partition coefficient (Wildman–Crippen LogP) is 7.05. The second kappa shape index (κ2) is 14.1. The average Bonchev–Trinajstić information content (AvgIpc) is 2.97. The van der Waals surface area contributed by atoms with E-state index in [0.29, 0.717) is 23.4 Å². The van der Waals surface area contributed by atoms with Gasteiger partial charge in [0, 0.05) is 21.8 Å². The van der Waals surface area contributed by atoms with Crippen LogP contribution in [-0.2, 0) is 9.59 Å². The van der Waals surface area contributed by atoms with Gasteiger partial charge in [0.25, 0.3) is 11.8 Å². The third-order valence-corrected chi connectivity index (χ3v) is 7.39. The summed E-state index contributed by atoms with van der Waals surface area (Å²) in [6.07, 6.45) is 2.19. The first kappa shape index (κ1) is 29.3. The zero-order valence-corrected chi connectivity index (χ0v) is 23.5. The van der Waals surface area contributed by atoms with E-state index in [1.54, 1.807) is 48.5 Å². The number of carbonyl (C=O) groups is 3. The van der Waals surface area contributed by atoms with Crippen molar-refractivity contribution in [2.24, 2.45) is 0 Å². The molecule has 4 rings (SSSR count). The van der Waals surface area contributed by atoms with Crippen molar-refractivity contribution in [3.05, 3.63) is 131 Å². The zero-order chi connectivity index (χ0) is 29.2. The van der Waals surface area contributed by atoms with E-state index in [1.807, 2.05) is 50.2 Å². The molecule has 6 nitrogen and oxygen atoms in total. The highest BCUT2D eigenvalue weighted by molar-refractivity contribution is 8.00. The highest BCUT2D eigenvalue weighted by Gasteiger charge is 2.19. The van der Waals surface area contributed by atoms with Gasteiger partial charge >= 0.3 is 0 Å². The molecule has 0 aliphatic heterocycles. The van der Waals surface area contributed by atoms with Gasteiger partial charge in [-0.1, -0.05) is 61.0 Å². The summed E-state index contributed by atoms with van der Waals surface area (Å²) >= 11 is 1.36. The lowest BCUT2D eigenvalue weighted by molar-refractivity contribution is -0.116. The summed E-state index contributed by atoms with van der Waals surface area (Å²) in [4.78, 5) is 39.9. The fourth-order valence-electron chi connectivity index (χ4n) is 3.96. The molecular weight excluding hydrogens is 537 g/mol. The number of aryl methyl sites for hydroxylation is 1. The fourth-order valence-corrected chi connectivity index (χ4v) is 4.97. The van der Waals surface area contributed by atoms with Gasteiger partial charge in [-0.3, -0.25) is 14.4 Å². The van der Waals surface area contributed by atoms with Crippen LogP contribution >= 0.6 is 11.8 Å². The molecule has 3 amide bonds. The van der Waals surface area contributed by atoms with E-state index in [9.17, 15) is 18.8 Å². The molecule has 0 aliphatic rings. The largest absolute Gasteiger partial charge is 0.325 e. The molecule has 1 unspecified atom stereocenters. The van der Waals surface area contributed by atoms with E-state index in [2.05, 4.69) is 16.0 Å². The topological polar surface area (TPSA) is 87.3 Å². The molecule has 0 saturated heterocycles. The molecule has 3 N–H and O–H groups in total. The lowest BCUT2D eigenvalue weighted by Gasteiger charge is -2.16. The van der Waals surface area contributed by atoms with Gasteiger partial charge in [0.15, 0.2) is 0 Å². The second-order valence-electron chi connectivity index (χ2n) is 9.29. The third-order valence-electron chi connectivity index (χ3n) is 6.03. The number of rotatable bonds is 10. The van der Waals surface area contributed by atoms with Crippen LogP contribution in [-0.4, -0.2) is 23.0 Å². The Bertz CT molecular complexity index is 1560. The quantitative estimate of drug-likeness (QED) is 0.142. The second-order valence-corrected chi connectivity index (χ2v) is 10.6. The Morgan fingerprint density at radius 3 is 2.27 bits per heavy atom. The monoisotopic (exact) mass is 567 g/mol. The lowest BCUT2D eigenvalue weighted by atomic mass is 10.1. The van der Waals surface area contributed by atoms with Crippen molar-refractivity contribution >= 4 is 46.9 Å². The minimum Gasteiger partial charge on any atom is -0.325 e.